The van der Waals surface area contributed by atoms with Gasteiger partial charge in [-0.1, -0.05) is 0 Å². The van der Waals surface area contributed by atoms with Crippen LogP contribution in [0.25, 0.3) is 0 Å². The molecule has 222 valence electrons. The Morgan fingerprint density at radius 2 is 1.10 bits per heavy atom. The Balaban J connectivity index is 0.853. The molecule has 7 nitrogen and oxygen atoms in total. The standard InChI is InChI=1S/C13H12O3.2C10H17NO.2Ga/c14-11-3-1-10(2-4-11)9-16-13-7-5-12(15)6-8-13;2*1-7-5-6-8-3-2-4-9(12)10(8)11-7;;/h1-8,14-15H,9H2;2*7-10H,2-6H2,1H3;;/q;2*-2;2*+3/p-2. The van der Waals surface area contributed by atoms with Gasteiger partial charge in [0.2, 0.25) is 0 Å². The van der Waals surface area contributed by atoms with Gasteiger partial charge in [0.1, 0.15) is 0 Å². The van der Waals surface area contributed by atoms with Gasteiger partial charge in [-0.2, -0.15) is 0 Å². The van der Waals surface area contributed by atoms with Gasteiger partial charge in [0.25, 0.3) is 0 Å². The van der Waals surface area contributed by atoms with Crippen molar-refractivity contribution in [3.05, 3.63) is 54.1 Å². The summed E-state index contributed by atoms with van der Waals surface area (Å²) in [5.74, 6) is 4.32. The van der Waals surface area contributed by atoms with Gasteiger partial charge in [-0.3, -0.25) is 0 Å². The minimum atomic E-state index is -2.49. The molecule has 0 radical (unpaired) electrons. The Kier molecular flexibility index (Phi) is 8.15. The quantitative estimate of drug-likeness (QED) is 0.327. The molecule has 2 aliphatic carbocycles. The van der Waals surface area contributed by atoms with Crippen molar-refractivity contribution in [3.63, 3.8) is 0 Å². The average molecular weight is 688 g/mol. The fourth-order valence-electron chi connectivity index (χ4n) is 9.04. The molecule has 0 N–H and O–H groups in total. The van der Waals surface area contributed by atoms with Crippen LogP contribution >= 0.6 is 0 Å². The first kappa shape index (κ1) is 28.4. The molecule has 4 saturated heterocycles. The molecule has 2 aromatic rings. The van der Waals surface area contributed by atoms with Crippen molar-refractivity contribution in [1.29, 1.82) is 0 Å². The summed E-state index contributed by atoms with van der Waals surface area (Å²) in [6.45, 7) is 5.27. The number of nitrogens with zero attached hydrogens (tertiary/aromatic N) is 2. The molecule has 8 unspecified atom stereocenters. The molecule has 2 aromatic carbocycles. The van der Waals surface area contributed by atoms with E-state index in [9.17, 15) is 0 Å². The van der Waals surface area contributed by atoms with Crippen LogP contribution < -0.4 is 11.8 Å². The van der Waals surface area contributed by atoms with Gasteiger partial charge in [-0.25, -0.2) is 0 Å². The van der Waals surface area contributed by atoms with Gasteiger partial charge in [0, 0.05) is 0 Å². The molecule has 8 atom stereocenters. The fraction of sp³-hybridized carbons (Fsp3) is 0.636. The van der Waals surface area contributed by atoms with E-state index in [-0.39, 0.29) is 0 Å². The molecule has 0 spiro atoms. The molecule has 4 aliphatic heterocycles. The zero-order valence-corrected chi connectivity index (χ0v) is 30.0. The maximum atomic E-state index is 6.64. The van der Waals surface area contributed by atoms with Gasteiger partial charge in [0.05, 0.1) is 0 Å². The molecule has 0 aromatic heterocycles. The monoisotopic (exact) mass is 686 g/mol. The normalized spacial score (nSPS) is 36.0. The molecule has 0 bridgehead atoms. The first-order valence-electron chi connectivity index (χ1n) is 16.6. The summed E-state index contributed by atoms with van der Waals surface area (Å²) in [6.07, 6.45) is 13.8. The summed E-state index contributed by atoms with van der Waals surface area (Å²) in [6, 6.07) is 19.0. The number of ether oxygens (including phenoxy) is 1. The number of hydrogen-bond acceptors (Lipinski definition) is 7. The van der Waals surface area contributed by atoms with Gasteiger partial charge in [-0.05, 0) is 0 Å². The van der Waals surface area contributed by atoms with Crippen LogP contribution in [0, 0.1) is 11.8 Å². The number of rotatable bonds is 7. The van der Waals surface area contributed by atoms with E-state index in [1.165, 1.54) is 64.2 Å². The maximum absolute atomic E-state index is 6.64. The third-order valence-corrected chi connectivity index (χ3v) is 21.2. The van der Waals surface area contributed by atoms with Crippen LogP contribution in [-0.4, -0.2) is 78.0 Å². The van der Waals surface area contributed by atoms with Crippen LogP contribution in [0.3, 0.4) is 0 Å². The Hall–Kier alpha value is -1.05. The summed E-state index contributed by atoms with van der Waals surface area (Å²) in [7, 11) is 0. The molecule has 4 heterocycles. The Bertz CT molecular complexity index is 1140. The summed E-state index contributed by atoms with van der Waals surface area (Å²) in [5.41, 5.74) is 1.13. The van der Waals surface area contributed by atoms with E-state index in [2.05, 4.69) is 45.3 Å². The predicted molar refractivity (Wildman–Crippen MR) is 163 cm³/mol. The summed E-state index contributed by atoms with van der Waals surface area (Å²) in [5, 5.41) is 0. The van der Waals surface area contributed by atoms with Gasteiger partial charge >= 0.3 is 265 Å². The predicted octanol–water partition coefficient (Wildman–Crippen LogP) is 6.10. The van der Waals surface area contributed by atoms with E-state index in [4.69, 9.17) is 18.9 Å². The van der Waals surface area contributed by atoms with Crippen molar-refractivity contribution in [1.82, 2.24) is 7.21 Å². The average Bonchev–Trinajstić information content (AvgIpc) is 3.57. The zero-order chi connectivity index (χ0) is 28.2. The van der Waals surface area contributed by atoms with Crippen molar-refractivity contribution in [3.8, 4) is 17.2 Å². The van der Waals surface area contributed by atoms with E-state index in [1.54, 1.807) is 0 Å². The first-order chi connectivity index (χ1) is 20.6. The van der Waals surface area contributed by atoms with Crippen LogP contribution in [0.2, 0.25) is 0 Å². The van der Waals surface area contributed by atoms with E-state index in [0.29, 0.717) is 43.0 Å². The van der Waals surface area contributed by atoms with Gasteiger partial charge in [-0.15, -0.1) is 0 Å². The van der Waals surface area contributed by atoms with E-state index in [0.717, 1.165) is 34.6 Å². The van der Waals surface area contributed by atoms with Crippen LogP contribution in [-0.2, 0) is 13.7 Å². The van der Waals surface area contributed by atoms with Crippen molar-refractivity contribution in [2.75, 3.05) is 0 Å². The first-order valence-corrected chi connectivity index (χ1v) is 22.7. The number of benzene rings is 2. The second kappa shape index (κ2) is 12.0. The molecule has 6 fully saturated rings. The molecular weight excluding hydrogens is 644 g/mol. The molecule has 2 saturated carbocycles. The Labute approximate surface area is 263 Å². The molecular formula is C33H44Ga2N2O5. The van der Waals surface area contributed by atoms with E-state index < -0.39 is 34.4 Å². The van der Waals surface area contributed by atoms with Crippen molar-refractivity contribution in [2.45, 2.75) is 121 Å². The molecule has 0 amide bonds. The van der Waals surface area contributed by atoms with Crippen LogP contribution in [0.4, 0.5) is 0 Å². The third kappa shape index (κ3) is 5.40. The Morgan fingerprint density at radius 1 is 0.619 bits per heavy atom. The number of piperidine rings is 2. The molecule has 8 rings (SSSR count). The van der Waals surface area contributed by atoms with Crippen molar-refractivity contribution >= 4 is 34.4 Å². The minimum absolute atomic E-state index is 0.398. The van der Waals surface area contributed by atoms with Crippen LogP contribution in [0.1, 0.15) is 83.6 Å². The summed E-state index contributed by atoms with van der Waals surface area (Å²) < 4.78 is 38.0. The van der Waals surface area contributed by atoms with Crippen LogP contribution in [0.15, 0.2) is 48.5 Å². The van der Waals surface area contributed by atoms with E-state index in [1.807, 2.05) is 24.3 Å². The van der Waals surface area contributed by atoms with E-state index >= 15 is 0 Å². The summed E-state index contributed by atoms with van der Waals surface area (Å²) in [4.78, 5) is 0. The molecule has 42 heavy (non-hydrogen) atoms. The second-order valence-electron chi connectivity index (χ2n) is 13.7. The fourth-order valence-corrected chi connectivity index (χ4v) is 19.9. The third-order valence-electron chi connectivity index (χ3n) is 11.2. The Morgan fingerprint density at radius 3 is 1.62 bits per heavy atom. The second-order valence-corrected chi connectivity index (χ2v) is 20.9. The topological polar surface area (TPSA) is 52.6 Å². The van der Waals surface area contributed by atoms with Crippen molar-refractivity contribution < 1.29 is 18.9 Å². The SMILES string of the molecule is CC1CCC2CCCC3[O][Ga]([O]c4ccc(COc5ccc([O][Ga]6[O]C7CCCC8CCC(C)[N]6C87)cc5)cc4)[N]1C23. The van der Waals surface area contributed by atoms with Gasteiger partial charge in [0.15, 0.2) is 0 Å². The van der Waals surface area contributed by atoms with Gasteiger partial charge < -0.3 is 0 Å². The summed E-state index contributed by atoms with van der Waals surface area (Å²) >= 11 is -4.98. The zero-order valence-electron chi connectivity index (χ0n) is 25.1. The molecule has 9 heteroatoms. The molecule has 6 aliphatic rings. The van der Waals surface area contributed by atoms with Crippen LogP contribution in [0.5, 0.6) is 17.2 Å². The van der Waals surface area contributed by atoms with Crippen molar-refractivity contribution in [2.24, 2.45) is 11.8 Å². The number of hydrogen-bond donors (Lipinski definition) is 0.